The van der Waals surface area contributed by atoms with E-state index in [9.17, 15) is 4.79 Å². The average molecular weight is 216 g/mol. The second-order valence-corrected chi connectivity index (χ2v) is 2.90. The molecule has 78 valence electrons. The lowest BCUT2D eigenvalue weighted by atomic mass is 10.0. The number of rotatable bonds is 3. The highest BCUT2D eigenvalue weighted by Crippen LogP contribution is 2.18. The number of halogens is 1. The third kappa shape index (κ3) is 2.92. The van der Waals surface area contributed by atoms with Crippen LogP contribution >= 0.6 is 12.4 Å². The number of primary amides is 1. The molecule has 0 fully saturated rings. The Labute approximate surface area is 89.7 Å². The van der Waals surface area contributed by atoms with Crippen molar-refractivity contribution < 1.29 is 9.53 Å². The number of amides is 1. The smallest absolute Gasteiger partial charge is 0.224 e. The van der Waals surface area contributed by atoms with Crippen molar-refractivity contribution in [1.29, 1.82) is 0 Å². The molecule has 14 heavy (non-hydrogen) atoms. The number of hydrogen-bond donors (Lipinski definition) is 1. The monoisotopic (exact) mass is 215 g/mol. The maximum Gasteiger partial charge on any atom is 0.224 e. The van der Waals surface area contributed by atoms with Crippen molar-refractivity contribution in [3.63, 3.8) is 0 Å². The van der Waals surface area contributed by atoms with Crippen LogP contribution in [0.2, 0.25) is 0 Å². The molecule has 0 aliphatic rings. The number of ether oxygens (including phenoxy) is 1. The van der Waals surface area contributed by atoms with Crippen LogP contribution in [0.5, 0.6) is 5.75 Å². The molecule has 2 N–H and O–H groups in total. The van der Waals surface area contributed by atoms with E-state index >= 15 is 0 Å². The Morgan fingerprint density at radius 2 is 1.86 bits per heavy atom. The van der Waals surface area contributed by atoms with Gasteiger partial charge < -0.3 is 10.5 Å². The molecule has 1 atom stereocenters. The number of carbonyl (C=O) groups is 1. The van der Waals surface area contributed by atoms with Crippen LogP contribution in [0, 0.1) is 0 Å². The predicted molar refractivity (Wildman–Crippen MR) is 57.9 cm³/mol. The lowest BCUT2D eigenvalue weighted by Crippen LogP contribution is -2.18. The number of carbonyl (C=O) groups excluding carboxylic acids is 1. The molecule has 1 amide bonds. The fraction of sp³-hybridized carbons (Fsp3) is 0.300. The summed E-state index contributed by atoms with van der Waals surface area (Å²) in [4.78, 5) is 10.8. The third-order valence-electron chi connectivity index (χ3n) is 2.04. The Morgan fingerprint density at radius 3 is 2.21 bits per heavy atom. The van der Waals surface area contributed by atoms with Crippen molar-refractivity contribution in [2.24, 2.45) is 5.73 Å². The molecular formula is C10H14ClNO2. The Kier molecular flexibility index (Phi) is 5.02. The van der Waals surface area contributed by atoms with Gasteiger partial charge in [-0.3, -0.25) is 4.79 Å². The van der Waals surface area contributed by atoms with Gasteiger partial charge in [0, 0.05) is 0 Å². The van der Waals surface area contributed by atoms with Gasteiger partial charge in [-0.05, 0) is 24.6 Å². The van der Waals surface area contributed by atoms with Crippen molar-refractivity contribution in [3.8, 4) is 5.75 Å². The molecular weight excluding hydrogens is 202 g/mol. The first-order valence-electron chi connectivity index (χ1n) is 4.08. The summed E-state index contributed by atoms with van der Waals surface area (Å²) in [5, 5.41) is 0. The van der Waals surface area contributed by atoms with Gasteiger partial charge in [-0.15, -0.1) is 12.4 Å². The zero-order valence-corrected chi connectivity index (χ0v) is 9.01. The first-order valence-corrected chi connectivity index (χ1v) is 4.08. The van der Waals surface area contributed by atoms with Gasteiger partial charge in [-0.2, -0.15) is 0 Å². The standard InChI is InChI=1S/C10H13NO2.ClH/c1-7(10(11)12)8-3-5-9(13-2)6-4-8;/h3-7H,1-2H3,(H2,11,12);1H. The maximum atomic E-state index is 10.8. The lowest BCUT2D eigenvalue weighted by Gasteiger charge is -2.07. The highest BCUT2D eigenvalue weighted by Gasteiger charge is 2.10. The molecule has 3 nitrogen and oxygen atoms in total. The highest BCUT2D eigenvalue weighted by atomic mass is 35.5. The molecule has 0 bridgehead atoms. The van der Waals surface area contributed by atoms with Crippen LogP contribution in [-0.4, -0.2) is 13.0 Å². The van der Waals surface area contributed by atoms with Crippen molar-refractivity contribution >= 4 is 18.3 Å². The molecule has 0 spiro atoms. The lowest BCUT2D eigenvalue weighted by molar-refractivity contribution is -0.119. The zero-order valence-electron chi connectivity index (χ0n) is 8.19. The molecule has 0 aliphatic heterocycles. The minimum absolute atomic E-state index is 0. The first kappa shape index (κ1) is 12.8. The van der Waals surface area contributed by atoms with Gasteiger partial charge in [-0.25, -0.2) is 0 Å². The van der Waals surface area contributed by atoms with Gasteiger partial charge in [0.25, 0.3) is 0 Å². The van der Waals surface area contributed by atoms with Crippen molar-refractivity contribution in [2.75, 3.05) is 7.11 Å². The van der Waals surface area contributed by atoms with Crippen LogP contribution in [0.15, 0.2) is 24.3 Å². The second kappa shape index (κ2) is 5.50. The molecule has 0 heterocycles. The van der Waals surface area contributed by atoms with Crippen molar-refractivity contribution in [3.05, 3.63) is 29.8 Å². The van der Waals surface area contributed by atoms with Crippen molar-refractivity contribution in [1.82, 2.24) is 0 Å². The van der Waals surface area contributed by atoms with E-state index in [1.165, 1.54) is 0 Å². The Bertz CT molecular complexity index is 297. The van der Waals surface area contributed by atoms with Gasteiger partial charge >= 0.3 is 0 Å². The minimum Gasteiger partial charge on any atom is -0.497 e. The molecule has 1 aromatic carbocycles. The van der Waals surface area contributed by atoms with Crippen LogP contribution in [0.25, 0.3) is 0 Å². The Morgan fingerprint density at radius 1 is 1.36 bits per heavy atom. The maximum absolute atomic E-state index is 10.8. The van der Waals surface area contributed by atoms with E-state index in [4.69, 9.17) is 10.5 Å². The number of methoxy groups -OCH3 is 1. The zero-order chi connectivity index (χ0) is 9.84. The SMILES string of the molecule is COc1ccc(C(C)C(N)=O)cc1.Cl. The molecule has 0 saturated heterocycles. The second-order valence-electron chi connectivity index (χ2n) is 2.90. The Balaban J connectivity index is 0.00000169. The summed E-state index contributed by atoms with van der Waals surface area (Å²) in [5.74, 6) is 0.219. The van der Waals surface area contributed by atoms with Crippen LogP contribution in [0.3, 0.4) is 0 Å². The molecule has 0 aromatic heterocycles. The van der Waals surface area contributed by atoms with Gasteiger partial charge in [-0.1, -0.05) is 12.1 Å². The van der Waals surface area contributed by atoms with Crippen LogP contribution < -0.4 is 10.5 Å². The van der Waals surface area contributed by atoms with E-state index in [1.54, 1.807) is 14.0 Å². The fourth-order valence-corrected chi connectivity index (χ4v) is 1.06. The summed E-state index contributed by atoms with van der Waals surface area (Å²) in [6, 6.07) is 7.31. The largest absolute Gasteiger partial charge is 0.497 e. The topological polar surface area (TPSA) is 52.3 Å². The summed E-state index contributed by atoms with van der Waals surface area (Å²) in [6.45, 7) is 1.78. The molecule has 1 unspecified atom stereocenters. The summed E-state index contributed by atoms with van der Waals surface area (Å²) in [5.41, 5.74) is 6.08. The van der Waals surface area contributed by atoms with Gasteiger partial charge in [0.15, 0.2) is 0 Å². The third-order valence-corrected chi connectivity index (χ3v) is 2.04. The number of hydrogen-bond acceptors (Lipinski definition) is 2. The number of nitrogens with two attached hydrogens (primary N) is 1. The summed E-state index contributed by atoms with van der Waals surface area (Å²) in [7, 11) is 1.60. The molecule has 0 radical (unpaired) electrons. The van der Waals surface area contributed by atoms with E-state index in [-0.39, 0.29) is 24.2 Å². The van der Waals surface area contributed by atoms with Gasteiger partial charge in [0.1, 0.15) is 5.75 Å². The summed E-state index contributed by atoms with van der Waals surface area (Å²) in [6.07, 6.45) is 0. The van der Waals surface area contributed by atoms with Gasteiger partial charge in [0.05, 0.1) is 13.0 Å². The fourth-order valence-electron chi connectivity index (χ4n) is 1.06. The molecule has 0 saturated carbocycles. The quantitative estimate of drug-likeness (QED) is 0.835. The van der Waals surface area contributed by atoms with Crippen LogP contribution in [-0.2, 0) is 4.79 Å². The molecule has 4 heteroatoms. The molecule has 0 aliphatic carbocycles. The predicted octanol–water partition coefficient (Wildman–Crippen LogP) is 1.71. The van der Waals surface area contributed by atoms with E-state index in [1.807, 2.05) is 24.3 Å². The first-order chi connectivity index (χ1) is 6.15. The minimum atomic E-state index is -0.315. The molecule has 1 aromatic rings. The average Bonchev–Trinajstić information content (AvgIpc) is 2.17. The number of benzene rings is 1. The van der Waals surface area contributed by atoms with E-state index < -0.39 is 0 Å². The normalized spacial score (nSPS) is 11.3. The van der Waals surface area contributed by atoms with Crippen molar-refractivity contribution in [2.45, 2.75) is 12.8 Å². The van der Waals surface area contributed by atoms with Gasteiger partial charge in [0.2, 0.25) is 5.91 Å². The summed E-state index contributed by atoms with van der Waals surface area (Å²) >= 11 is 0. The van der Waals surface area contributed by atoms with E-state index in [0.717, 1.165) is 11.3 Å². The highest BCUT2D eigenvalue weighted by molar-refractivity contribution is 5.85. The van der Waals surface area contributed by atoms with Crippen LogP contribution in [0.1, 0.15) is 18.4 Å². The summed E-state index contributed by atoms with van der Waals surface area (Å²) < 4.78 is 4.99. The van der Waals surface area contributed by atoms with E-state index in [0.29, 0.717) is 0 Å². The van der Waals surface area contributed by atoms with Crippen LogP contribution in [0.4, 0.5) is 0 Å². The molecule has 1 rings (SSSR count). The van der Waals surface area contributed by atoms with E-state index in [2.05, 4.69) is 0 Å². The Hall–Kier alpha value is -1.22.